The van der Waals surface area contributed by atoms with Crippen LogP contribution in [0.4, 0.5) is 0 Å². The van der Waals surface area contributed by atoms with E-state index < -0.39 is 11.5 Å². The number of hydrogen-bond acceptors (Lipinski definition) is 2. The number of likely N-dealkylation sites (tertiary alicyclic amines) is 1. The quantitative estimate of drug-likeness (QED) is 0.776. The molecule has 1 aliphatic heterocycles. The molecule has 1 heterocycles. The summed E-state index contributed by atoms with van der Waals surface area (Å²) in [5.74, 6) is 0.00572. The van der Waals surface area contributed by atoms with Crippen molar-refractivity contribution < 1.29 is 9.90 Å². The number of nitrogens with zero attached hydrogens (tertiary/aromatic N) is 1. The maximum atomic E-state index is 11.7. The van der Waals surface area contributed by atoms with Crippen LogP contribution in [0.2, 0.25) is 0 Å². The molecule has 17 heavy (non-hydrogen) atoms. The van der Waals surface area contributed by atoms with E-state index in [2.05, 4.69) is 32.6 Å². The third-order valence-electron chi connectivity index (χ3n) is 3.95. The first kappa shape index (κ1) is 14.5. The molecule has 0 amide bonds. The molecule has 100 valence electrons. The normalized spacial score (nSPS) is 27.6. The van der Waals surface area contributed by atoms with Crippen LogP contribution in [-0.2, 0) is 4.79 Å². The Morgan fingerprint density at radius 3 is 2.53 bits per heavy atom. The number of hydrogen-bond donors (Lipinski definition) is 1. The van der Waals surface area contributed by atoms with Crippen molar-refractivity contribution in [3.8, 4) is 0 Å². The lowest BCUT2D eigenvalue weighted by molar-refractivity contribution is -0.151. The summed E-state index contributed by atoms with van der Waals surface area (Å²) < 4.78 is 0. The summed E-state index contributed by atoms with van der Waals surface area (Å²) in [4.78, 5) is 13.9. The second kappa shape index (κ2) is 5.85. The Balaban J connectivity index is 2.84. The van der Waals surface area contributed by atoms with Gasteiger partial charge in [-0.3, -0.25) is 9.69 Å². The molecule has 0 aromatic carbocycles. The van der Waals surface area contributed by atoms with Crippen LogP contribution in [0.1, 0.15) is 59.8 Å². The van der Waals surface area contributed by atoms with Crippen LogP contribution in [-0.4, -0.2) is 34.1 Å². The summed E-state index contributed by atoms with van der Waals surface area (Å²) in [6.45, 7) is 9.61. The first-order chi connectivity index (χ1) is 7.94. The van der Waals surface area contributed by atoms with Gasteiger partial charge in [-0.25, -0.2) is 0 Å². The van der Waals surface area contributed by atoms with Crippen molar-refractivity contribution in [1.29, 1.82) is 0 Å². The van der Waals surface area contributed by atoms with E-state index in [1.165, 1.54) is 0 Å². The third-order valence-corrected chi connectivity index (χ3v) is 3.95. The van der Waals surface area contributed by atoms with Crippen molar-refractivity contribution >= 4 is 5.97 Å². The second-order valence-corrected chi connectivity index (χ2v) is 5.86. The topological polar surface area (TPSA) is 40.5 Å². The summed E-state index contributed by atoms with van der Waals surface area (Å²) in [6.07, 6.45) is 4.65. The number of aliphatic carboxylic acids is 1. The molecule has 1 saturated heterocycles. The fourth-order valence-electron chi connectivity index (χ4n) is 3.37. The minimum absolute atomic E-state index is 0.375. The summed E-state index contributed by atoms with van der Waals surface area (Å²) in [7, 11) is 0. The van der Waals surface area contributed by atoms with E-state index in [1.54, 1.807) is 0 Å². The van der Waals surface area contributed by atoms with Gasteiger partial charge in [-0.15, -0.1) is 0 Å². The van der Waals surface area contributed by atoms with E-state index in [0.29, 0.717) is 12.0 Å². The van der Waals surface area contributed by atoms with E-state index in [9.17, 15) is 9.90 Å². The Labute approximate surface area is 105 Å². The van der Waals surface area contributed by atoms with Crippen molar-refractivity contribution in [2.24, 2.45) is 5.92 Å². The Kier molecular flexibility index (Phi) is 4.99. The number of carbonyl (C=O) groups is 1. The molecule has 0 aliphatic carbocycles. The first-order valence-electron chi connectivity index (χ1n) is 6.94. The van der Waals surface area contributed by atoms with Crippen LogP contribution in [0.15, 0.2) is 0 Å². The summed E-state index contributed by atoms with van der Waals surface area (Å²) in [5, 5.41) is 9.61. The molecule has 1 aliphatic rings. The molecule has 0 aromatic rings. The SMILES string of the molecule is CCCC1(C(=O)O)CCCN1C(C)CC(C)C. The zero-order valence-corrected chi connectivity index (χ0v) is 11.7. The molecule has 2 unspecified atom stereocenters. The molecule has 2 atom stereocenters. The minimum Gasteiger partial charge on any atom is -0.480 e. The minimum atomic E-state index is -0.618. The molecule has 1 fully saturated rings. The lowest BCUT2D eigenvalue weighted by Crippen LogP contribution is -2.54. The molecule has 0 spiro atoms. The lowest BCUT2D eigenvalue weighted by atomic mass is 9.88. The zero-order chi connectivity index (χ0) is 13.1. The number of carboxylic acids is 1. The lowest BCUT2D eigenvalue weighted by Gasteiger charge is -2.39. The molecule has 0 bridgehead atoms. The van der Waals surface area contributed by atoms with Crippen molar-refractivity contribution in [2.75, 3.05) is 6.54 Å². The van der Waals surface area contributed by atoms with Gasteiger partial charge in [-0.05, 0) is 45.1 Å². The van der Waals surface area contributed by atoms with Gasteiger partial charge in [0, 0.05) is 6.04 Å². The van der Waals surface area contributed by atoms with E-state index in [0.717, 1.165) is 38.6 Å². The van der Waals surface area contributed by atoms with Crippen LogP contribution in [0.5, 0.6) is 0 Å². The molecule has 0 radical (unpaired) electrons. The monoisotopic (exact) mass is 241 g/mol. The molecular formula is C14H27NO2. The highest BCUT2D eigenvalue weighted by atomic mass is 16.4. The molecular weight excluding hydrogens is 214 g/mol. The molecule has 1 rings (SSSR count). The predicted molar refractivity (Wildman–Crippen MR) is 70.1 cm³/mol. The van der Waals surface area contributed by atoms with Gasteiger partial charge < -0.3 is 5.11 Å². The summed E-state index contributed by atoms with van der Waals surface area (Å²) >= 11 is 0. The van der Waals surface area contributed by atoms with Gasteiger partial charge in [0.25, 0.3) is 0 Å². The van der Waals surface area contributed by atoms with E-state index in [-0.39, 0.29) is 0 Å². The van der Waals surface area contributed by atoms with Gasteiger partial charge >= 0.3 is 5.97 Å². The molecule has 3 heteroatoms. The van der Waals surface area contributed by atoms with Crippen LogP contribution in [0.3, 0.4) is 0 Å². The van der Waals surface area contributed by atoms with Gasteiger partial charge in [0.05, 0.1) is 0 Å². The Morgan fingerprint density at radius 1 is 1.41 bits per heavy atom. The Morgan fingerprint density at radius 2 is 2.06 bits per heavy atom. The van der Waals surface area contributed by atoms with Crippen LogP contribution >= 0.6 is 0 Å². The van der Waals surface area contributed by atoms with Gasteiger partial charge in [0.2, 0.25) is 0 Å². The number of carboxylic acid groups (broad SMARTS) is 1. The Bertz CT molecular complexity index is 265. The average molecular weight is 241 g/mol. The van der Waals surface area contributed by atoms with Crippen LogP contribution in [0.25, 0.3) is 0 Å². The largest absolute Gasteiger partial charge is 0.480 e. The highest BCUT2D eigenvalue weighted by Gasteiger charge is 2.48. The van der Waals surface area contributed by atoms with Crippen LogP contribution in [0, 0.1) is 5.92 Å². The fraction of sp³-hybridized carbons (Fsp3) is 0.929. The highest BCUT2D eigenvalue weighted by Crippen LogP contribution is 2.36. The van der Waals surface area contributed by atoms with E-state index >= 15 is 0 Å². The molecule has 3 nitrogen and oxygen atoms in total. The average Bonchev–Trinajstić information content (AvgIpc) is 2.62. The fourth-order valence-corrected chi connectivity index (χ4v) is 3.37. The van der Waals surface area contributed by atoms with Crippen LogP contribution < -0.4 is 0 Å². The standard InChI is InChI=1S/C14H27NO2/c1-5-7-14(13(16)17)8-6-9-15(14)12(4)10-11(2)3/h11-12H,5-10H2,1-4H3,(H,16,17). The second-order valence-electron chi connectivity index (χ2n) is 5.86. The maximum Gasteiger partial charge on any atom is 0.324 e. The molecule has 0 saturated carbocycles. The van der Waals surface area contributed by atoms with Crippen molar-refractivity contribution in [1.82, 2.24) is 4.90 Å². The van der Waals surface area contributed by atoms with Gasteiger partial charge in [-0.1, -0.05) is 27.2 Å². The number of rotatable bonds is 6. The van der Waals surface area contributed by atoms with Gasteiger partial charge in [0.15, 0.2) is 0 Å². The van der Waals surface area contributed by atoms with Crippen molar-refractivity contribution in [3.05, 3.63) is 0 Å². The third kappa shape index (κ3) is 3.01. The zero-order valence-electron chi connectivity index (χ0n) is 11.7. The maximum absolute atomic E-state index is 11.7. The predicted octanol–water partition coefficient (Wildman–Crippen LogP) is 3.14. The summed E-state index contributed by atoms with van der Waals surface area (Å²) in [5.41, 5.74) is -0.580. The summed E-state index contributed by atoms with van der Waals surface area (Å²) in [6, 6.07) is 0.375. The van der Waals surface area contributed by atoms with E-state index in [1.807, 2.05) is 0 Å². The first-order valence-corrected chi connectivity index (χ1v) is 6.94. The Hall–Kier alpha value is -0.570. The molecule has 0 aromatic heterocycles. The van der Waals surface area contributed by atoms with Crippen molar-refractivity contribution in [2.45, 2.75) is 71.4 Å². The smallest absolute Gasteiger partial charge is 0.324 e. The van der Waals surface area contributed by atoms with Crippen molar-refractivity contribution in [3.63, 3.8) is 0 Å². The van der Waals surface area contributed by atoms with Gasteiger partial charge in [-0.2, -0.15) is 0 Å². The highest BCUT2D eigenvalue weighted by molar-refractivity contribution is 5.79. The van der Waals surface area contributed by atoms with Gasteiger partial charge in [0.1, 0.15) is 5.54 Å². The van der Waals surface area contributed by atoms with E-state index in [4.69, 9.17) is 0 Å². The molecule has 1 N–H and O–H groups in total.